The molecule has 2 saturated heterocycles. The van der Waals surface area contributed by atoms with E-state index in [1.807, 2.05) is 19.2 Å². The zero-order chi connectivity index (χ0) is 20.4. The van der Waals surface area contributed by atoms with Gasteiger partial charge in [0.25, 0.3) is 0 Å². The Hall–Kier alpha value is -1.37. The summed E-state index contributed by atoms with van der Waals surface area (Å²) in [6.07, 6.45) is 2.81. The first-order valence-corrected chi connectivity index (χ1v) is 10.8. The topological polar surface area (TPSA) is 63.9 Å². The Morgan fingerprint density at radius 2 is 1.93 bits per heavy atom. The number of halogens is 1. The Morgan fingerprint density at radius 3 is 2.57 bits per heavy atom. The zero-order valence-corrected chi connectivity index (χ0v) is 20.6. The van der Waals surface area contributed by atoms with Crippen molar-refractivity contribution in [2.24, 2.45) is 16.3 Å². The summed E-state index contributed by atoms with van der Waals surface area (Å²) >= 11 is 0. The number of ether oxygens (including phenoxy) is 1. The standard InChI is InChI=1S/C23H33N5O.HI/c1-23(2)20(19-5-4-14-29-21(19)23)26-22(25-3)28-12-10-27(11-13-28)16-18-8-6-17(15-24)7-9-18;/h6-9,19-21H,4-5,10-14,16H2,1-3H3,(H,25,26);1H. The van der Waals surface area contributed by atoms with Gasteiger partial charge in [-0.3, -0.25) is 9.89 Å². The molecule has 2 heterocycles. The zero-order valence-electron chi connectivity index (χ0n) is 18.3. The van der Waals surface area contributed by atoms with Crippen molar-refractivity contribution in [1.29, 1.82) is 5.26 Å². The monoisotopic (exact) mass is 523 g/mol. The number of hydrogen-bond donors (Lipinski definition) is 1. The van der Waals surface area contributed by atoms with Gasteiger partial charge in [-0.2, -0.15) is 5.26 Å². The van der Waals surface area contributed by atoms with Crippen molar-refractivity contribution in [3.63, 3.8) is 0 Å². The Balaban J connectivity index is 0.00000256. The van der Waals surface area contributed by atoms with Gasteiger partial charge >= 0.3 is 0 Å². The van der Waals surface area contributed by atoms with Gasteiger partial charge in [0.05, 0.1) is 17.7 Å². The highest BCUT2D eigenvalue weighted by atomic mass is 127. The third kappa shape index (κ3) is 4.61. The molecule has 3 atom stereocenters. The van der Waals surface area contributed by atoms with Gasteiger partial charge in [0.2, 0.25) is 0 Å². The van der Waals surface area contributed by atoms with Crippen molar-refractivity contribution in [3.05, 3.63) is 35.4 Å². The Kier molecular flexibility index (Phi) is 7.64. The Labute approximate surface area is 197 Å². The van der Waals surface area contributed by atoms with Crippen molar-refractivity contribution in [2.45, 2.75) is 45.4 Å². The smallest absolute Gasteiger partial charge is 0.193 e. The lowest BCUT2D eigenvalue weighted by Gasteiger charge is -2.60. The molecule has 0 bridgehead atoms. The number of hydrogen-bond acceptors (Lipinski definition) is 4. The van der Waals surface area contributed by atoms with Crippen LogP contribution in [-0.4, -0.2) is 67.7 Å². The summed E-state index contributed by atoms with van der Waals surface area (Å²) in [4.78, 5) is 9.47. The SMILES string of the molecule is CN=C(NC1C2CCCOC2C1(C)C)N1CCN(Cc2ccc(C#N)cc2)CC1.I. The predicted octanol–water partition coefficient (Wildman–Crippen LogP) is 3.07. The van der Waals surface area contributed by atoms with E-state index in [4.69, 9.17) is 10.00 Å². The van der Waals surface area contributed by atoms with Gasteiger partial charge in [-0.1, -0.05) is 26.0 Å². The van der Waals surface area contributed by atoms with Crippen LogP contribution in [0.15, 0.2) is 29.3 Å². The highest BCUT2D eigenvalue weighted by Crippen LogP contribution is 2.51. The van der Waals surface area contributed by atoms with Crippen LogP contribution in [0.3, 0.4) is 0 Å². The summed E-state index contributed by atoms with van der Waals surface area (Å²) in [5.74, 6) is 1.64. The van der Waals surface area contributed by atoms with Gasteiger partial charge in [-0.25, -0.2) is 0 Å². The first-order valence-electron chi connectivity index (χ1n) is 10.8. The third-order valence-corrected chi connectivity index (χ3v) is 6.99. The minimum absolute atomic E-state index is 0. The maximum absolute atomic E-state index is 8.95. The molecule has 3 aliphatic rings. The summed E-state index contributed by atoms with van der Waals surface area (Å²) < 4.78 is 6.05. The van der Waals surface area contributed by atoms with Crippen LogP contribution >= 0.6 is 24.0 Å². The van der Waals surface area contributed by atoms with Gasteiger partial charge < -0.3 is 15.0 Å². The van der Waals surface area contributed by atoms with Crippen LogP contribution in [0, 0.1) is 22.7 Å². The van der Waals surface area contributed by atoms with Crippen molar-refractivity contribution in [1.82, 2.24) is 15.1 Å². The first-order chi connectivity index (χ1) is 14.0. The number of benzene rings is 1. The van der Waals surface area contributed by atoms with Crippen molar-refractivity contribution in [3.8, 4) is 6.07 Å². The number of aliphatic imine (C=N–C) groups is 1. The quantitative estimate of drug-likeness (QED) is 0.375. The van der Waals surface area contributed by atoms with E-state index in [9.17, 15) is 0 Å². The van der Waals surface area contributed by atoms with Crippen LogP contribution in [0.5, 0.6) is 0 Å². The summed E-state index contributed by atoms with van der Waals surface area (Å²) in [5.41, 5.74) is 2.14. The third-order valence-electron chi connectivity index (χ3n) is 6.99. The molecule has 1 N–H and O–H groups in total. The van der Waals surface area contributed by atoms with Crippen molar-refractivity contribution >= 4 is 29.9 Å². The fourth-order valence-electron chi connectivity index (χ4n) is 5.31. The second-order valence-electron chi connectivity index (χ2n) is 9.16. The fraction of sp³-hybridized carbons (Fsp3) is 0.652. The lowest BCUT2D eigenvalue weighted by Crippen LogP contribution is -2.71. The number of guanidine groups is 1. The molecule has 7 heteroatoms. The number of nitriles is 1. The minimum Gasteiger partial charge on any atom is -0.377 e. The normalized spacial score (nSPS) is 28.5. The van der Waals surface area contributed by atoms with Crippen LogP contribution in [0.25, 0.3) is 0 Å². The molecule has 1 aliphatic carbocycles. The van der Waals surface area contributed by atoms with E-state index in [2.05, 4.69) is 52.2 Å². The molecule has 1 aromatic rings. The van der Waals surface area contributed by atoms with Crippen molar-refractivity contribution in [2.75, 3.05) is 39.8 Å². The van der Waals surface area contributed by atoms with Gasteiger partial charge in [0.15, 0.2) is 5.96 Å². The minimum atomic E-state index is 0. The van der Waals surface area contributed by atoms with E-state index >= 15 is 0 Å². The lowest BCUT2D eigenvalue weighted by molar-refractivity contribution is -0.188. The summed E-state index contributed by atoms with van der Waals surface area (Å²) in [6.45, 7) is 10.5. The molecule has 1 aromatic carbocycles. The number of nitrogens with one attached hydrogen (secondary N) is 1. The molecule has 0 spiro atoms. The molecule has 3 unspecified atom stereocenters. The molecule has 0 radical (unpaired) electrons. The summed E-state index contributed by atoms with van der Waals surface area (Å²) in [7, 11) is 1.89. The number of piperazine rings is 1. The van der Waals surface area contributed by atoms with E-state index < -0.39 is 0 Å². The average molecular weight is 523 g/mol. The van der Waals surface area contributed by atoms with E-state index in [1.54, 1.807) is 0 Å². The number of fused-ring (bicyclic) bond motifs is 1. The van der Waals surface area contributed by atoms with Gasteiger partial charge in [0.1, 0.15) is 0 Å². The largest absolute Gasteiger partial charge is 0.377 e. The molecule has 0 amide bonds. The lowest BCUT2D eigenvalue weighted by atomic mass is 9.55. The van der Waals surface area contributed by atoms with Crippen LogP contribution in [-0.2, 0) is 11.3 Å². The second kappa shape index (κ2) is 9.84. The molecule has 30 heavy (non-hydrogen) atoms. The van der Waals surface area contributed by atoms with Crippen LogP contribution < -0.4 is 5.32 Å². The van der Waals surface area contributed by atoms with Gasteiger partial charge in [0, 0.05) is 63.8 Å². The van der Waals surface area contributed by atoms with E-state index in [1.165, 1.54) is 18.4 Å². The number of rotatable bonds is 3. The predicted molar refractivity (Wildman–Crippen MR) is 130 cm³/mol. The van der Waals surface area contributed by atoms with E-state index in [0.717, 1.165) is 50.9 Å². The van der Waals surface area contributed by atoms with E-state index in [0.29, 0.717) is 18.1 Å². The molecule has 0 aromatic heterocycles. The molecular weight excluding hydrogens is 489 g/mol. The molecule has 4 rings (SSSR count). The Morgan fingerprint density at radius 1 is 1.23 bits per heavy atom. The van der Waals surface area contributed by atoms with Gasteiger partial charge in [-0.05, 0) is 30.5 Å². The molecule has 2 aliphatic heterocycles. The first kappa shape index (κ1) is 23.3. The molecular formula is C23H34IN5O. The van der Waals surface area contributed by atoms with Crippen LogP contribution in [0.4, 0.5) is 0 Å². The summed E-state index contributed by atoms with van der Waals surface area (Å²) in [5, 5.41) is 12.7. The van der Waals surface area contributed by atoms with Crippen LogP contribution in [0.1, 0.15) is 37.8 Å². The van der Waals surface area contributed by atoms with Crippen molar-refractivity contribution < 1.29 is 4.74 Å². The average Bonchev–Trinajstić information content (AvgIpc) is 2.75. The highest BCUT2D eigenvalue weighted by molar-refractivity contribution is 14.0. The summed E-state index contributed by atoms with van der Waals surface area (Å²) in [6, 6.07) is 10.5. The molecule has 6 nitrogen and oxygen atoms in total. The van der Waals surface area contributed by atoms with Crippen LogP contribution in [0.2, 0.25) is 0 Å². The second-order valence-corrected chi connectivity index (χ2v) is 9.16. The Bertz CT molecular complexity index is 780. The fourth-order valence-corrected chi connectivity index (χ4v) is 5.31. The number of nitrogens with zero attached hydrogens (tertiary/aromatic N) is 4. The van der Waals surface area contributed by atoms with E-state index in [-0.39, 0.29) is 29.4 Å². The molecule has 1 saturated carbocycles. The highest BCUT2D eigenvalue weighted by Gasteiger charge is 2.58. The maximum Gasteiger partial charge on any atom is 0.193 e. The molecule has 164 valence electrons. The van der Waals surface area contributed by atoms with Gasteiger partial charge in [-0.15, -0.1) is 24.0 Å². The maximum atomic E-state index is 8.95. The molecule has 3 fully saturated rings.